The fourth-order valence-electron chi connectivity index (χ4n) is 2.66. The number of aromatic nitrogens is 2. The summed E-state index contributed by atoms with van der Waals surface area (Å²) in [6, 6.07) is 19.3. The summed E-state index contributed by atoms with van der Waals surface area (Å²) in [6.07, 6.45) is 0. The van der Waals surface area contributed by atoms with E-state index >= 15 is 0 Å². The van der Waals surface area contributed by atoms with Gasteiger partial charge in [-0.05, 0) is 45.7 Å². The van der Waals surface area contributed by atoms with Crippen LogP contribution in [0.4, 0.5) is 11.4 Å². The summed E-state index contributed by atoms with van der Waals surface area (Å²) in [4.78, 5) is 0. The molecule has 0 bridgehead atoms. The highest BCUT2D eigenvalue weighted by Crippen LogP contribution is 2.34. The summed E-state index contributed by atoms with van der Waals surface area (Å²) in [5.74, 6) is 0. The van der Waals surface area contributed by atoms with Gasteiger partial charge in [-0.15, -0.1) is 0 Å². The zero-order valence-electron chi connectivity index (χ0n) is 12.2. The molecule has 0 saturated carbocycles. The Labute approximate surface area is 132 Å². The number of nitrogens with two attached hydrogens (primary N) is 2. The van der Waals surface area contributed by atoms with Gasteiger partial charge in [-0.1, -0.05) is 36.4 Å². The standard InChI is InChI=1S/C18H14N4O/c19-13-5-1-11(2-6-13)15-9-10-16(18-17(15)21-23-22-18)12-3-7-14(20)8-4-12/h1-10H,19-20H2. The largest absolute Gasteiger partial charge is 0.399 e. The fraction of sp³-hybridized carbons (Fsp3) is 0. The van der Waals surface area contributed by atoms with Crippen LogP contribution in [0.15, 0.2) is 65.3 Å². The third kappa shape index (κ3) is 2.28. The molecule has 0 amide bonds. The molecule has 0 fully saturated rings. The molecular weight excluding hydrogens is 288 g/mol. The average molecular weight is 302 g/mol. The van der Waals surface area contributed by atoms with Crippen molar-refractivity contribution >= 4 is 22.4 Å². The van der Waals surface area contributed by atoms with E-state index in [1.54, 1.807) is 0 Å². The predicted molar refractivity (Wildman–Crippen MR) is 91.5 cm³/mol. The molecule has 0 aliphatic heterocycles. The lowest BCUT2D eigenvalue weighted by Gasteiger charge is -2.06. The molecule has 0 spiro atoms. The molecule has 23 heavy (non-hydrogen) atoms. The predicted octanol–water partition coefficient (Wildman–Crippen LogP) is 3.72. The smallest absolute Gasteiger partial charge is 0.143 e. The Hall–Kier alpha value is -3.34. The molecule has 4 aromatic rings. The second kappa shape index (κ2) is 5.14. The first-order valence-corrected chi connectivity index (χ1v) is 7.19. The molecule has 0 radical (unpaired) electrons. The normalized spacial score (nSPS) is 11.0. The Balaban J connectivity index is 1.91. The third-order valence-corrected chi connectivity index (χ3v) is 3.86. The molecule has 4 N–H and O–H groups in total. The van der Waals surface area contributed by atoms with E-state index in [0.717, 1.165) is 44.7 Å². The van der Waals surface area contributed by atoms with Crippen molar-refractivity contribution in [3.05, 3.63) is 60.7 Å². The van der Waals surface area contributed by atoms with Gasteiger partial charge in [0.25, 0.3) is 0 Å². The lowest BCUT2D eigenvalue weighted by atomic mass is 9.97. The topological polar surface area (TPSA) is 91.0 Å². The van der Waals surface area contributed by atoms with Crippen LogP contribution in [0.1, 0.15) is 0 Å². The molecule has 0 unspecified atom stereocenters. The van der Waals surface area contributed by atoms with Crippen LogP contribution < -0.4 is 11.5 Å². The van der Waals surface area contributed by atoms with Gasteiger partial charge in [0, 0.05) is 22.5 Å². The molecule has 0 aliphatic rings. The van der Waals surface area contributed by atoms with Gasteiger partial charge in [0.2, 0.25) is 0 Å². The lowest BCUT2D eigenvalue weighted by molar-refractivity contribution is 0.315. The SMILES string of the molecule is Nc1ccc(-c2ccc(-c3ccc(N)cc3)c3nonc23)cc1. The van der Waals surface area contributed by atoms with Crippen molar-refractivity contribution in [2.24, 2.45) is 0 Å². The summed E-state index contributed by atoms with van der Waals surface area (Å²) in [6.45, 7) is 0. The van der Waals surface area contributed by atoms with Crippen molar-refractivity contribution in [1.29, 1.82) is 0 Å². The van der Waals surface area contributed by atoms with Crippen LogP contribution in [0.2, 0.25) is 0 Å². The second-order valence-electron chi connectivity index (χ2n) is 5.37. The third-order valence-electron chi connectivity index (χ3n) is 3.86. The summed E-state index contributed by atoms with van der Waals surface area (Å²) in [5.41, 5.74) is 18.4. The molecule has 0 saturated heterocycles. The van der Waals surface area contributed by atoms with Crippen molar-refractivity contribution in [3.63, 3.8) is 0 Å². The van der Waals surface area contributed by atoms with Crippen molar-refractivity contribution in [2.45, 2.75) is 0 Å². The van der Waals surface area contributed by atoms with Gasteiger partial charge in [0.15, 0.2) is 0 Å². The molecule has 5 heteroatoms. The molecule has 4 rings (SSSR count). The van der Waals surface area contributed by atoms with E-state index in [4.69, 9.17) is 16.1 Å². The van der Waals surface area contributed by atoms with Crippen LogP contribution in [0.5, 0.6) is 0 Å². The molecular formula is C18H14N4O. The number of hydrogen-bond acceptors (Lipinski definition) is 5. The number of anilines is 2. The minimum Gasteiger partial charge on any atom is -0.399 e. The average Bonchev–Trinajstić information content (AvgIpc) is 3.05. The number of nitrogen functional groups attached to an aromatic ring is 2. The van der Waals surface area contributed by atoms with Gasteiger partial charge in [0.1, 0.15) is 11.0 Å². The van der Waals surface area contributed by atoms with Crippen LogP contribution in [0.3, 0.4) is 0 Å². The van der Waals surface area contributed by atoms with Gasteiger partial charge >= 0.3 is 0 Å². The van der Waals surface area contributed by atoms with E-state index in [2.05, 4.69) is 10.3 Å². The molecule has 1 heterocycles. The van der Waals surface area contributed by atoms with Crippen molar-refractivity contribution in [2.75, 3.05) is 11.5 Å². The number of nitrogens with zero attached hydrogens (tertiary/aromatic N) is 2. The Morgan fingerprint density at radius 1 is 0.565 bits per heavy atom. The summed E-state index contributed by atoms with van der Waals surface area (Å²) < 4.78 is 4.99. The van der Waals surface area contributed by atoms with Crippen molar-refractivity contribution in [3.8, 4) is 22.3 Å². The minimum atomic E-state index is 0.724. The molecule has 3 aromatic carbocycles. The quantitative estimate of drug-likeness (QED) is 0.551. The maximum Gasteiger partial charge on any atom is 0.143 e. The summed E-state index contributed by atoms with van der Waals surface area (Å²) in [7, 11) is 0. The van der Waals surface area contributed by atoms with Crippen LogP contribution in [0.25, 0.3) is 33.3 Å². The van der Waals surface area contributed by atoms with E-state index in [1.165, 1.54) is 0 Å². The van der Waals surface area contributed by atoms with E-state index in [-0.39, 0.29) is 0 Å². The Kier molecular flexibility index (Phi) is 2.98. The molecule has 112 valence electrons. The molecule has 0 aliphatic carbocycles. The van der Waals surface area contributed by atoms with E-state index in [0.29, 0.717) is 0 Å². The maximum atomic E-state index is 5.75. The van der Waals surface area contributed by atoms with Gasteiger partial charge in [-0.25, -0.2) is 4.63 Å². The zero-order chi connectivity index (χ0) is 15.8. The highest BCUT2D eigenvalue weighted by molar-refractivity contribution is 6.00. The highest BCUT2D eigenvalue weighted by atomic mass is 16.6. The van der Waals surface area contributed by atoms with Crippen LogP contribution in [-0.2, 0) is 0 Å². The van der Waals surface area contributed by atoms with Gasteiger partial charge in [0.05, 0.1) is 0 Å². The van der Waals surface area contributed by atoms with E-state index < -0.39 is 0 Å². The van der Waals surface area contributed by atoms with Gasteiger partial charge < -0.3 is 11.5 Å². The maximum absolute atomic E-state index is 5.75. The van der Waals surface area contributed by atoms with Gasteiger partial charge in [-0.3, -0.25) is 0 Å². The van der Waals surface area contributed by atoms with E-state index in [9.17, 15) is 0 Å². The molecule has 1 aromatic heterocycles. The monoisotopic (exact) mass is 302 g/mol. The van der Waals surface area contributed by atoms with Crippen LogP contribution in [0, 0.1) is 0 Å². The summed E-state index contributed by atoms with van der Waals surface area (Å²) in [5, 5.41) is 8.16. The first kappa shape index (κ1) is 13.3. The Morgan fingerprint density at radius 2 is 0.957 bits per heavy atom. The molecule has 0 atom stereocenters. The first-order valence-electron chi connectivity index (χ1n) is 7.19. The van der Waals surface area contributed by atoms with Crippen LogP contribution in [-0.4, -0.2) is 10.3 Å². The Bertz CT molecular complexity index is 893. The lowest BCUT2D eigenvalue weighted by Crippen LogP contribution is -1.88. The number of benzene rings is 3. The summed E-state index contributed by atoms with van der Waals surface area (Å²) >= 11 is 0. The minimum absolute atomic E-state index is 0.724. The fourth-order valence-corrected chi connectivity index (χ4v) is 2.66. The van der Waals surface area contributed by atoms with Crippen molar-refractivity contribution in [1.82, 2.24) is 10.3 Å². The van der Waals surface area contributed by atoms with Crippen molar-refractivity contribution < 1.29 is 4.63 Å². The first-order chi connectivity index (χ1) is 11.2. The van der Waals surface area contributed by atoms with Crippen LogP contribution >= 0.6 is 0 Å². The number of hydrogen-bond donors (Lipinski definition) is 2. The van der Waals surface area contributed by atoms with Gasteiger partial charge in [-0.2, -0.15) is 0 Å². The van der Waals surface area contributed by atoms with E-state index in [1.807, 2.05) is 60.7 Å². The Morgan fingerprint density at radius 3 is 1.35 bits per heavy atom. The number of fused-ring (bicyclic) bond motifs is 1. The second-order valence-corrected chi connectivity index (χ2v) is 5.37. The molecule has 5 nitrogen and oxygen atoms in total. The zero-order valence-corrected chi connectivity index (χ0v) is 12.2. The number of rotatable bonds is 2. The highest BCUT2D eigenvalue weighted by Gasteiger charge is 2.14.